The first-order valence-corrected chi connectivity index (χ1v) is 4.99. The molecular weight excluding hydrogens is 192 g/mol. The van der Waals surface area contributed by atoms with E-state index in [1.165, 1.54) is 4.57 Å². The second kappa shape index (κ2) is 4.93. The van der Waals surface area contributed by atoms with Gasteiger partial charge in [-0.2, -0.15) is 0 Å². The average Bonchev–Trinajstić information content (AvgIpc) is 2.21. The van der Waals surface area contributed by atoms with Gasteiger partial charge in [0.2, 0.25) is 0 Å². The molecule has 0 saturated heterocycles. The van der Waals surface area contributed by atoms with Crippen LogP contribution < -0.4 is 16.2 Å². The monoisotopic (exact) mass is 210 g/mol. The summed E-state index contributed by atoms with van der Waals surface area (Å²) in [5.41, 5.74) is 5.46. The van der Waals surface area contributed by atoms with Gasteiger partial charge in [0.15, 0.2) is 5.82 Å². The number of aryl methyl sites for hydroxylation is 1. The van der Waals surface area contributed by atoms with Crippen molar-refractivity contribution >= 4 is 5.82 Å². The standard InChI is InChI=1S/C10H18N4O/c1-8(6-11)7-14(3)9-10(15)13(2)5-4-12-9/h4-5,8H,6-7,11H2,1-3H3. The first-order chi connectivity index (χ1) is 7.06. The van der Waals surface area contributed by atoms with Gasteiger partial charge >= 0.3 is 0 Å². The van der Waals surface area contributed by atoms with E-state index in [9.17, 15) is 4.79 Å². The Hall–Kier alpha value is -1.36. The van der Waals surface area contributed by atoms with Gasteiger partial charge in [-0.1, -0.05) is 6.92 Å². The minimum Gasteiger partial charge on any atom is -0.355 e. The lowest BCUT2D eigenvalue weighted by Crippen LogP contribution is -2.34. The number of hydrogen-bond donors (Lipinski definition) is 1. The van der Waals surface area contributed by atoms with E-state index in [0.29, 0.717) is 18.3 Å². The number of nitrogens with zero attached hydrogens (tertiary/aromatic N) is 3. The van der Waals surface area contributed by atoms with E-state index in [1.807, 2.05) is 18.9 Å². The molecule has 84 valence electrons. The Morgan fingerprint density at radius 3 is 2.93 bits per heavy atom. The predicted octanol–water partition coefficient (Wildman–Crippen LogP) is -0.189. The van der Waals surface area contributed by atoms with Crippen LogP contribution in [0.4, 0.5) is 5.82 Å². The fourth-order valence-electron chi connectivity index (χ4n) is 1.37. The maximum absolute atomic E-state index is 11.7. The van der Waals surface area contributed by atoms with E-state index in [4.69, 9.17) is 5.73 Å². The number of aromatic nitrogens is 2. The zero-order valence-electron chi connectivity index (χ0n) is 9.47. The van der Waals surface area contributed by atoms with E-state index in [1.54, 1.807) is 19.4 Å². The van der Waals surface area contributed by atoms with Crippen LogP contribution in [0.15, 0.2) is 17.2 Å². The Bertz CT molecular complexity index is 374. The number of hydrogen-bond acceptors (Lipinski definition) is 4. The van der Waals surface area contributed by atoms with Crippen LogP contribution in [0, 0.1) is 5.92 Å². The smallest absolute Gasteiger partial charge is 0.293 e. The molecule has 0 spiro atoms. The van der Waals surface area contributed by atoms with Crippen molar-refractivity contribution in [2.75, 3.05) is 25.0 Å². The van der Waals surface area contributed by atoms with Crippen LogP contribution >= 0.6 is 0 Å². The summed E-state index contributed by atoms with van der Waals surface area (Å²) in [4.78, 5) is 17.6. The van der Waals surface area contributed by atoms with Crippen LogP contribution in [0.1, 0.15) is 6.92 Å². The van der Waals surface area contributed by atoms with Crippen molar-refractivity contribution in [3.05, 3.63) is 22.7 Å². The van der Waals surface area contributed by atoms with Gasteiger partial charge in [0.05, 0.1) is 0 Å². The molecule has 1 heterocycles. The Balaban J connectivity index is 2.87. The van der Waals surface area contributed by atoms with E-state index in [0.717, 1.165) is 6.54 Å². The van der Waals surface area contributed by atoms with Crippen molar-refractivity contribution in [1.82, 2.24) is 9.55 Å². The maximum atomic E-state index is 11.7. The summed E-state index contributed by atoms with van der Waals surface area (Å²) < 4.78 is 1.52. The summed E-state index contributed by atoms with van der Waals surface area (Å²) >= 11 is 0. The highest BCUT2D eigenvalue weighted by Gasteiger charge is 2.10. The first kappa shape index (κ1) is 11.7. The molecule has 15 heavy (non-hydrogen) atoms. The second-order valence-corrected chi connectivity index (χ2v) is 3.89. The third-order valence-electron chi connectivity index (χ3n) is 2.35. The van der Waals surface area contributed by atoms with E-state index in [-0.39, 0.29) is 5.56 Å². The molecule has 1 rings (SSSR count). The molecule has 1 unspecified atom stereocenters. The highest BCUT2D eigenvalue weighted by Crippen LogP contribution is 2.03. The summed E-state index contributed by atoms with van der Waals surface area (Å²) in [6.07, 6.45) is 3.27. The van der Waals surface area contributed by atoms with Gasteiger partial charge in [0.25, 0.3) is 5.56 Å². The van der Waals surface area contributed by atoms with Crippen molar-refractivity contribution in [2.24, 2.45) is 18.7 Å². The lowest BCUT2D eigenvalue weighted by molar-refractivity contribution is 0.584. The van der Waals surface area contributed by atoms with Gasteiger partial charge in [-0.15, -0.1) is 0 Å². The lowest BCUT2D eigenvalue weighted by atomic mass is 10.2. The molecule has 0 radical (unpaired) electrons. The molecule has 1 atom stereocenters. The van der Waals surface area contributed by atoms with Crippen LogP contribution in [0.5, 0.6) is 0 Å². The Morgan fingerprint density at radius 1 is 1.67 bits per heavy atom. The van der Waals surface area contributed by atoms with Crippen molar-refractivity contribution in [3.8, 4) is 0 Å². The van der Waals surface area contributed by atoms with E-state index < -0.39 is 0 Å². The highest BCUT2D eigenvalue weighted by atomic mass is 16.1. The number of anilines is 1. The molecule has 0 saturated carbocycles. The Kier molecular flexibility index (Phi) is 3.85. The van der Waals surface area contributed by atoms with Crippen molar-refractivity contribution in [3.63, 3.8) is 0 Å². The van der Waals surface area contributed by atoms with Gasteiger partial charge in [0, 0.05) is 33.0 Å². The zero-order valence-corrected chi connectivity index (χ0v) is 9.47. The second-order valence-electron chi connectivity index (χ2n) is 3.89. The van der Waals surface area contributed by atoms with E-state index in [2.05, 4.69) is 4.98 Å². The number of rotatable bonds is 4. The largest absolute Gasteiger partial charge is 0.355 e. The molecule has 0 bridgehead atoms. The first-order valence-electron chi connectivity index (χ1n) is 4.99. The van der Waals surface area contributed by atoms with E-state index >= 15 is 0 Å². The summed E-state index contributed by atoms with van der Waals surface area (Å²) in [6, 6.07) is 0. The molecule has 5 nitrogen and oxygen atoms in total. The molecule has 2 N–H and O–H groups in total. The quantitative estimate of drug-likeness (QED) is 0.748. The van der Waals surface area contributed by atoms with Crippen LogP contribution in [0.3, 0.4) is 0 Å². The summed E-state index contributed by atoms with van der Waals surface area (Å²) in [5, 5.41) is 0. The fourth-order valence-corrected chi connectivity index (χ4v) is 1.37. The molecule has 0 fully saturated rings. The van der Waals surface area contributed by atoms with Gasteiger partial charge < -0.3 is 15.2 Å². The van der Waals surface area contributed by atoms with Gasteiger partial charge in [-0.3, -0.25) is 4.79 Å². The minimum atomic E-state index is -0.0794. The third-order valence-corrected chi connectivity index (χ3v) is 2.35. The summed E-state index contributed by atoms with van der Waals surface area (Å²) in [6.45, 7) is 3.39. The van der Waals surface area contributed by atoms with Crippen LogP contribution in [-0.4, -0.2) is 29.7 Å². The Labute approximate surface area is 89.5 Å². The molecular formula is C10H18N4O. The lowest BCUT2D eigenvalue weighted by Gasteiger charge is -2.20. The Morgan fingerprint density at radius 2 is 2.33 bits per heavy atom. The normalized spacial score (nSPS) is 12.5. The highest BCUT2D eigenvalue weighted by molar-refractivity contribution is 5.34. The zero-order chi connectivity index (χ0) is 11.4. The van der Waals surface area contributed by atoms with Crippen LogP contribution in [-0.2, 0) is 7.05 Å². The maximum Gasteiger partial charge on any atom is 0.293 e. The topological polar surface area (TPSA) is 64.2 Å². The molecule has 0 aliphatic rings. The number of nitrogens with two attached hydrogens (primary N) is 1. The SMILES string of the molecule is CC(CN)CN(C)c1nccn(C)c1=O. The molecule has 5 heteroatoms. The molecule has 0 aromatic carbocycles. The van der Waals surface area contributed by atoms with Crippen molar-refractivity contribution < 1.29 is 0 Å². The van der Waals surface area contributed by atoms with Crippen molar-refractivity contribution in [1.29, 1.82) is 0 Å². The summed E-state index contributed by atoms with van der Waals surface area (Å²) in [5.74, 6) is 0.821. The summed E-state index contributed by atoms with van der Waals surface area (Å²) in [7, 11) is 3.57. The third kappa shape index (κ3) is 2.79. The van der Waals surface area contributed by atoms with Crippen LogP contribution in [0.2, 0.25) is 0 Å². The molecule has 1 aromatic heterocycles. The molecule has 0 aliphatic carbocycles. The van der Waals surface area contributed by atoms with Gasteiger partial charge in [-0.25, -0.2) is 4.98 Å². The molecule has 1 aromatic rings. The van der Waals surface area contributed by atoms with Gasteiger partial charge in [-0.05, 0) is 12.5 Å². The van der Waals surface area contributed by atoms with Crippen molar-refractivity contribution in [2.45, 2.75) is 6.92 Å². The molecule has 0 amide bonds. The van der Waals surface area contributed by atoms with Gasteiger partial charge in [0.1, 0.15) is 0 Å². The predicted molar refractivity (Wildman–Crippen MR) is 61.0 cm³/mol. The minimum absolute atomic E-state index is 0.0794. The van der Waals surface area contributed by atoms with Crippen LogP contribution in [0.25, 0.3) is 0 Å². The molecule has 0 aliphatic heterocycles. The fraction of sp³-hybridized carbons (Fsp3) is 0.600. The average molecular weight is 210 g/mol.